The number of benzene rings is 1. The van der Waals surface area contributed by atoms with Crippen LogP contribution in [0.1, 0.15) is 32.8 Å². The molecule has 1 unspecified atom stereocenters. The van der Waals surface area contributed by atoms with Crippen molar-refractivity contribution in [1.29, 1.82) is 0 Å². The van der Waals surface area contributed by atoms with Crippen LogP contribution in [0.2, 0.25) is 0 Å². The smallest absolute Gasteiger partial charge is 0.249 e. The van der Waals surface area contributed by atoms with E-state index in [-0.39, 0.29) is 30.2 Å². The third-order valence-corrected chi connectivity index (χ3v) is 10.4. The zero-order valence-electron chi connectivity index (χ0n) is 26.1. The molecule has 10 nitrogen and oxygen atoms in total. The van der Waals surface area contributed by atoms with Gasteiger partial charge in [0, 0.05) is 45.8 Å². The van der Waals surface area contributed by atoms with Crippen LogP contribution in [0.25, 0.3) is 0 Å². The molecule has 44 heavy (non-hydrogen) atoms. The SMILES string of the molecule is CC[C@]12C=CCN(Cc3ccccc3)C(=O)[C@H]1[C@H]1C(=O)N([C@@H](CO)C(C)C)C3C(=O)N(CCN4CCOCC4)CC=C[C@@]31O2. The van der Waals surface area contributed by atoms with Gasteiger partial charge in [-0.25, -0.2) is 0 Å². The van der Waals surface area contributed by atoms with Crippen LogP contribution >= 0.6 is 0 Å². The van der Waals surface area contributed by atoms with Gasteiger partial charge in [0.2, 0.25) is 17.7 Å². The predicted octanol–water partition coefficient (Wildman–Crippen LogP) is 1.69. The molecule has 6 atom stereocenters. The monoisotopic (exact) mass is 606 g/mol. The average molecular weight is 607 g/mol. The lowest BCUT2D eigenvalue weighted by Crippen LogP contribution is -2.60. The van der Waals surface area contributed by atoms with Crippen LogP contribution in [-0.4, -0.2) is 125 Å². The molecule has 0 aromatic heterocycles. The summed E-state index contributed by atoms with van der Waals surface area (Å²) < 4.78 is 12.6. The quantitative estimate of drug-likeness (QED) is 0.427. The molecule has 0 saturated carbocycles. The summed E-state index contributed by atoms with van der Waals surface area (Å²) in [6.45, 7) is 11.0. The summed E-state index contributed by atoms with van der Waals surface area (Å²) in [6.07, 6.45) is 8.26. The normalized spacial score (nSPS) is 33.0. The molecule has 1 aromatic carbocycles. The van der Waals surface area contributed by atoms with E-state index in [0.717, 1.165) is 18.7 Å². The molecule has 5 aliphatic rings. The molecule has 0 bridgehead atoms. The van der Waals surface area contributed by atoms with Crippen LogP contribution in [0, 0.1) is 17.8 Å². The summed E-state index contributed by atoms with van der Waals surface area (Å²) in [5.41, 5.74) is -1.36. The number of nitrogens with zero attached hydrogens (tertiary/aromatic N) is 4. The van der Waals surface area contributed by atoms with E-state index in [1.807, 2.05) is 75.4 Å². The second-order valence-electron chi connectivity index (χ2n) is 13.1. The first-order chi connectivity index (χ1) is 21.3. The summed E-state index contributed by atoms with van der Waals surface area (Å²) in [7, 11) is 0. The molecule has 1 spiro atoms. The van der Waals surface area contributed by atoms with E-state index < -0.39 is 35.1 Å². The second-order valence-corrected chi connectivity index (χ2v) is 13.1. The van der Waals surface area contributed by atoms with Crippen molar-refractivity contribution >= 4 is 17.7 Å². The lowest BCUT2D eigenvalue weighted by atomic mass is 9.73. The minimum atomic E-state index is -1.33. The van der Waals surface area contributed by atoms with Gasteiger partial charge in [-0.05, 0) is 17.9 Å². The fourth-order valence-electron chi connectivity index (χ4n) is 8.01. The number of hydrogen-bond acceptors (Lipinski definition) is 7. The fourth-order valence-corrected chi connectivity index (χ4v) is 8.01. The maximum Gasteiger partial charge on any atom is 0.249 e. The Morgan fingerprint density at radius 1 is 0.909 bits per heavy atom. The molecule has 1 aromatic rings. The molecular weight excluding hydrogens is 560 g/mol. The summed E-state index contributed by atoms with van der Waals surface area (Å²) >= 11 is 0. The van der Waals surface area contributed by atoms with Gasteiger partial charge in [-0.2, -0.15) is 0 Å². The predicted molar refractivity (Wildman–Crippen MR) is 164 cm³/mol. The highest BCUT2D eigenvalue weighted by molar-refractivity contribution is 6.00. The number of likely N-dealkylation sites (tertiary alicyclic amines) is 1. The Balaban J connectivity index is 1.40. The Kier molecular flexibility index (Phi) is 8.71. The Morgan fingerprint density at radius 2 is 1.61 bits per heavy atom. The number of hydrogen-bond donors (Lipinski definition) is 1. The topological polar surface area (TPSA) is 103 Å². The first-order valence-corrected chi connectivity index (χ1v) is 16.2. The lowest BCUT2D eigenvalue weighted by molar-refractivity contribution is -0.158. The van der Waals surface area contributed by atoms with Crippen molar-refractivity contribution in [2.24, 2.45) is 17.8 Å². The highest BCUT2D eigenvalue weighted by Gasteiger charge is 2.76. The minimum absolute atomic E-state index is 0.114. The highest BCUT2D eigenvalue weighted by Crippen LogP contribution is 2.59. The van der Waals surface area contributed by atoms with Crippen LogP contribution in [0.15, 0.2) is 54.6 Å². The molecule has 3 saturated heterocycles. The first kappa shape index (κ1) is 31.0. The minimum Gasteiger partial charge on any atom is -0.394 e. The Bertz CT molecular complexity index is 1300. The summed E-state index contributed by atoms with van der Waals surface area (Å²) in [5.74, 6) is -2.45. The van der Waals surface area contributed by atoms with E-state index in [2.05, 4.69) is 4.90 Å². The third kappa shape index (κ3) is 5.09. The first-order valence-electron chi connectivity index (χ1n) is 16.2. The molecule has 5 heterocycles. The van der Waals surface area contributed by atoms with Crippen molar-refractivity contribution in [2.75, 3.05) is 59.1 Å². The van der Waals surface area contributed by atoms with E-state index >= 15 is 0 Å². The molecule has 5 aliphatic heterocycles. The number of rotatable bonds is 9. The molecule has 1 N–H and O–H groups in total. The van der Waals surface area contributed by atoms with Gasteiger partial charge in [0.25, 0.3) is 0 Å². The van der Waals surface area contributed by atoms with Crippen LogP contribution in [0.3, 0.4) is 0 Å². The van der Waals surface area contributed by atoms with Crippen LogP contribution in [0.4, 0.5) is 0 Å². The Morgan fingerprint density at radius 3 is 2.30 bits per heavy atom. The Hall–Kier alpha value is -3.05. The average Bonchev–Trinajstić information content (AvgIpc) is 3.33. The fraction of sp³-hybridized carbons (Fsp3) is 0.618. The number of carbonyl (C=O) groups is 3. The summed E-state index contributed by atoms with van der Waals surface area (Å²) in [6, 6.07) is 8.26. The van der Waals surface area contributed by atoms with Gasteiger partial charge in [0.05, 0.1) is 43.3 Å². The van der Waals surface area contributed by atoms with E-state index in [1.54, 1.807) is 14.7 Å². The number of amides is 3. The second kappa shape index (κ2) is 12.4. The number of aliphatic hydroxyl groups is 1. The van der Waals surface area contributed by atoms with Crippen molar-refractivity contribution in [2.45, 2.75) is 57.0 Å². The van der Waals surface area contributed by atoms with Gasteiger partial charge in [-0.15, -0.1) is 0 Å². The molecule has 3 fully saturated rings. The summed E-state index contributed by atoms with van der Waals surface area (Å²) in [4.78, 5) is 51.5. The van der Waals surface area contributed by atoms with Gasteiger partial charge < -0.3 is 29.3 Å². The number of fused-ring (bicyclic) bond motifs is 2. The molecule has 0 aliphatic carbocycles. The molecule has 10 heteroatoms. The van der Waals surface area contributed by atoms with Gasteiger partial charge >= 0.3 is 0 Å². The zero-order chi connectivity index (χ0) is 31.1. The number of ether oxygens (including phenoxy) is 2. The molecule has 3 amide bonds. The third-order valence-electron chi connectivity index (χ3n) is 10.4. The van der Waals surface area contributed by atoms with Crippen molar-refractivity contribution in [3.8, 4) is 0 Å². The van der Waals surface area contributed by atoms with Crippen LogP contribution < -0.4 is 0 Å². The maximum absolute atomic E-state index is 14.8. The van der Waals surface area contributed by atoms with Crippen molar-refractivity contribution in [3.63, 3.8) is 0 Å². The van der Waals surface area contributed by atoms with Gasteiger partial charge in [0.1, 0.15) is 11.6 Å². The summed E-state index contributed by atoms with van der Waals surface area (Å²) in [5, 5.41) is 10.6. The number of carbonyl (C=O) groups excluding carboxylic acids is 3. The van der Waals surface area contributed by atoms with E-state index in [1.165, 1.54) is 0 Å². The number of aliphatic hydroxyl groups excluding tert-OH is 1. The van der Waals surface area contributed by atoms with Crippen molar-refractivity contribution in [1.82, 2.24) is 19.6 Å². The van der Waals surface area contributed by atoms with E-state index in [0.29, 0.717) is 52.4 Å². The maximum atomic E-state index is 14.8. The van der Waals surface area contributed by atoms with Gasteiger partial charge in [0.15, 0.2) is 0 Å². The van der Waals surface area contributed by atoms with Gasteiger partial charge in [-0.1, -0.05) is 75.4 Å². The Labute approximate surface area is 260 Å². The largest absolute Gasteiger partial charge is 0.394 e. The lowest BCUT2D eigenvalue weighted by Gasteiger charge is -2.42. The molecular formula is C34H46N4O6. The molecule has 0 radical (unpaired) electrons. The van der Waals surface area contributed by atoms with Crippen LogP contribution in [-0.2, 0) is 30.4 Å². The van der Waals surface area contributed by atoms with Crippen LogP contribution in [0.5, 0.6) is 0 Å². The van der Waals surface area contributed by atoms with Gasteiger partial charge in [-0.3, -0.25) is 19.3 Å². The zero-order valence-corrected chi connectivity index (χ0v) is 26.1. The van der Waals surface area contributed by atoms with Crippen molar-refractivity contribution in [3.05, 3.63) is 60.2 Å². The van der Waals surface area contributed by atoms with Crippen molar-refractivity contribution < 1.29 is 29.0 Å². The van der Waals surface area contributed by atoms with E-state index in [9.17, 15) is 19.5 Å². The molecule has 238 valence electrons. The highest BCUT2D eigenvalue weighted by atomic mass is 16.5. The number of morpholine rings is 1. The van der Waals surface area contributed by atoms with E-state index in [4.69, 9.17) is 9.47 Å². The molecule has 6 rings (SSSR count). The standard InChI is InChI=1S/C34H46N4O6/c1-4-33-12-8-15-37(22-25-10-6-5-7-11-25)30(40)27(33)28-31(41)38(26(23-39)24(2)3)29-32(42)36(14-9-13-34(28,29)44-33)17-16-35-18-20-43-21-19-35/h5-13,24,26-29,39H,4,14-23H2,1-3H3/t26-,27+,28-,29?,33-,34-/m0/s1.